The van der Waals surface area contributed by atoms with Crippen molar-refractivity contribution in [2.45, 2.75) is 6.54 Å². The average molecular weight is 562 g/mol. The molecule has 0 spiro atoms. The van der Waals surface area contributed by atoms with Crippen LogP contribution in [-0.2, 0) is 41.4 Å². The van der Waals surface area contributed by atoms with Crippen LogP contribution in [0, 0.1) is 15.5 Å². The second-order valence-corrected chi connectivity index (χ2v) is 8.66. The van der Waals surface area contributed by atoms with Gasteiger partial charge in [0.25, 0.3) is 0 Å². The van der Waals surface area contributed by atoms with Crippen LogP contribution in [0.15, 0.2) is 36.9 Å². The Morgan fingerprint density at radius 2 is 1.62 bits per heavy atom. The van der Waals surface area contributed by atoms with Crippen LogP contribution < -0.4 is 5.49 Å². The Bertz CT molecular complexity index is 1650. The minimum absolute atomic E-state index is 0.152. The van der Waals surface area contributed by atoms with Crippen molar-refractivity contribution in [3.05, 3.63) is 58.2 Å². The van der Waals surface area contributed by atoms with Gasteiger partial charge >= 0.3 is 26.6 Å². The monoisotopic (exact) mass is 561 g/mol. The zero-order chi connectivity index (χ0) is 28.1. The molecule has 200 valence electrons. The minimum atomic E-state index is -4.67. The number of imidazole rings is 1. The summed E-state index contributed by atoms with van der Waals surface area (Å²) in [5, 5.41) is 24.6. The molecular formula is C16H19N9O10S2. The van der Waals surface area contributed by atoms with Gasteiger partial charge in [-0.1, -0.05) is 6.07 Å². The van der Waals surface area contributed by atoms with Crippen LogP contribution in [0.25, 0.3) is 22.6 Å². The maximum absolute atomic E-state index is 11.1. The molecule has 5 N–H and O–H groups in total. The van der Waals surface area contributed by atoms with E-state index < -0.39 is 25.7 Å². The lowest BCUT2D eigenvalue weighted by molar-refractivity contribution is -0.391. The van der Waals surface area contributed by atoms with Crippen molar-refractivity contribution in [2.24, 2.45) is 14.1 Å². The molecule has 0 fully saturated rings. The molecule has 0 aliphatic rings. The minimum Gasteiger partial charge on any atom is -0.358 e. The molecule has 4 aromatic rings. The van der Waals surface area contributed by atoms with Gasteiger partial charge in [0, 0.05) is 13.2 Å². The lowest BCUT2D eigenvalue weighted by Gasteiger charge is -2.06. The van der Waals surface area contributed by atoms with E-state index in [1.54, 1.807) is 31.2 Å². The van der Waals surface area contributed by atoms with Crippen LogP contribution in [0.5, 0.6) is 0 Å². The van der Waals surface area contributed by atoms with Crippen molar-refractivity contribution in [1.82, 2.24) is 33.9 Å². The zero-order valence-corrected chi connectivity index (χ0v) is 20.4. The Hall–Kier alpha value is -4.15. The third kappa shape index (κ3) is 8.48. The molecule has 4 aromatic heterocycles. The summed E-state index contributed by atoms with van der Waals surface area (Å²) in [6.45, 7) is 0.373. The molecule has 0 atom stereocenters. The van der Waals surface area contributed by atoms with Crippen molar-refractivity contribution in [2.75, 3.05) is 0 Å². The Balaban J connectivity index is 0.000000412. The van der Waals surface area contributed by atoms with E-state index in [0.29, 0.717) is 29.1 Å². The predicted molar refractivity (Wildman–Crippen MR) is 123 cm³/mol. The smallest absolute Gasteiger partial charge is 0.358 e. The van der Waals surface area contributed by atoms with Gasteiger partial charge in [-0.25, -0.2) is 19.2 Å². The topological polar surface area (TPSA) is 283 Å². The van der Waals surface area contributed by atoms with Gasteiger partial charge in [-0.05, 0) is 17.1 Å². The maximum Gasteiger partial charge on any atom is 0.394 e. The van der Waals surface area contributed by atoms with Crippen molar-refractivity contribution in [1.29, 1.82) is 5.41 Å². The molecule has 21 heteroatoms. The molecule has 0 aliphatic heterocycles. The van der Waals surface area contributed by atoms with E-state index in [9.17, 15) is 10.1 Å². The van der Waals surface area contributed by atoms with Gasteiger partial charge in [-0.2, -0.15) is 21.9 Å². The van der Waals surface area contributed by atoms with Crippen LogP contribution in [0.4, 0.5) is 5.82 Å². The van der Waals surface area contributed by atoms with Crippen molar-refractivity contribution >= 4 is 37.6 Å². The Labute approximate surface area is 207 Å². The maximum atomic E-state index is 11.1. The Kier molecular flexibility index (Phi) is 8.86. The van der Waals surface area contributed by atoms with E-state index in [1.807, 2.05) is 18.2 Å². The third-order valence-corrected chi connectivity index (χ3v) is 4.28. The van der Waals surface area contributed by atoms with Gasteiger partial charge in [0.1, 0.15) is 11.7 Å². The van der Waals surface area contributed by atoms with Crippen molar-refractivity contribution < 1.29 is 40.0 Å². The summed E-state index contributed by atoms with van der Waals surface area (Å²) in [5.74, 6) is 0.152. The average Bonchev–Trinajstić information content (AvgIpc) is 3.28. The quantitative estimate of drug-likeness (QED) is 0.121. The number of pyridine rings is 1. The number of hydrogen-bond acceptors (Lipinski definition) is 11. The van der Waals surface area contributed by atoms with Gasteiger partial charge in [-0.3, -0.25) is 28.6 Å². The molecule has 0 amide bonds. The van der Waals surface area contributed by atoms with Crippen LogP contribution in [0.3, 0.4) is 0 Å². The fourth-order valence-electron chi connectivity index (χ4n) is 2.94. The number of aromatic nitrogens is 7. The molecule has 19 nitrogen and oxygen atoms in total. The molecule has 0 saturated carbocycles. The van der Waals surface area contributed by atoms with Crippen molar-refractivity contribution in [3.63, 3.8) is 0 Å². The fraction of sp³-hybridized carbons (Fsp3) is 0.188. The zero-order valence-electron chi connectivity index (χ0n) is 18.8. The first-order valence-electron chi connectivity index (χ1n) is 9.40. The number of nitrogens with one attached hydrogen (secondary N) is 1. The third-order valence-electron chi connectivity index (χ3n) is 4.28. The summed E-state index contributed by atoms with van der Waals surface area (Å²) < 4.78 is 67.7. The van der Waals surface area contributed by atoms with Crippen molar-refractivity contribution in [3.8, 4) is 11.5 Å². The highest BCUT2D eigenvalue weighted by Crippen LogP contribution is 2.25. The molecule has 0 saturated heterocycles. The molecule has 37 heavy (non-hydrogen) atoms. The largest absolute Gasteiger partial charge is 0.394 e. The van der Waals surface area contributed by atoms with Gasteiger partial charge in [0.15, 0.2) is 11.3 Å². The summed E-state index contributed by atoms with van der Waals surface area (Å²) in [7, 11) is -6.08. The number of nitro groups is 1. The highest BCUT2D eigenvalue weighted by atomic mass is 32.3. The van der Waals surface area contributed by atoms with E-state index in [0.717, 1.165) is 5.69 Å². The fourth-order valence-corrected chi connectivity index (χ4v) is 2.94. The standard InChI is InChI=1S/C16H15N9O2.2H2O4S/c1-22-11(25(26)27)7-19-16(22)13-12-14(17)24(8-10-5-3-4-6-18-10)9-20-15(12)23(2)21-13;2*1-5(2,3)4/h3-7,9,17H,8H2,1-2H3;2*(H2,1,2,3,4). The van der Waals surface area contributed by atoms with Gasteiger partial charge in [0.2, 0.25) is 5.82 Å². The van der Waals surface area contributed by atoms with Gasteiger partial charge in [-0.15, -0.1) is 0 Å². The Morgan fingerprint density at radius 1 is 1.03 bits per heavy atom. The molecule has 4 rings (SSSR count). The van der Waals surface area contributed by atoms with E-state index in [2.05, 4.69) is 20.1 Å². The summed E-state index contributed by atoms with van der Waals surface area (Å²) in [4.78, 5) is 23.4. The molecule has 4 heterocycles. The molecule has 0 bridgehead atoms. The first-order valence-corrected chi connectivity index (χ1v) is 12.2. The first-order chi connectivity index (χ1) is 17.0. The Morgan fingerprint density at radius 3 is 2.11 bits per heavy atom. The van der Waals surface area contributed by atoms with Crippen LogP contribution in [0.2, 0.25) is 0 Å². The van der Waals surface area contributed by atoms with E-state index in [-0.39, 0.29) is 11.3 Å². The lowest BCUT2D eigenvalue weighted by Crippen LogP contribution is -2.22. The normalized spacial score (nSPS) is 11.3. The summed E-state index contributed by atoms with van der Waals surface area (Å²) in [5.41, 5.74) is 1.84. The summed E-state index contributed by atoms with van der Waals surface area (Å²) in [6, 6.07) is 5.56. The molecular weight excluding hydrogens is 542 g/mol. The SMILES string of the molecule is Cn1c([N+](=O)[O-])cnc1-c1nn(C)c2ncn(Cc3ccccn3)c(=N)c12.O=S(=O)(O)O.O=S(=O)(O)O. The van der Waals surface area contributed by atoms with Crippen LogP contribution in [-0.4, -0.2) is 73.8 Å². The van der Waals surface area contributed by atoms with Crippen LogP contribution >= 0.6 is 0 Å². The summed E-state index contributed by atoms with van der Waals surface area (Å²) in [6.07, 6.45) is 4.43. The highest BCUT2D eigenvalue weighted by Gasteiger charge is 2.25. The van der Waals surface area contributed by atoms with E-state index >= 15 is 0 Å². The number of nitrogens with zero attached hydrogens (tertiary/aromatic N) is 8. The van der Waals surface area contributed by atoms with Gasteiger partial charge < -0.3 is 14.7 Å². The van der Waals surface area contributed by atoms with Crippen LogP contribution in [0.1, 0.15) is 5.69 Å². The predicted octanol–water partition coefficient (Wildman–Crippen LogP) is -0.304. The van der Waals surface area contributed by atoms with E-state index in [1.165, 1.54) is 15.4 Å². The number of hydrogen-bond donors (Lipinski definition) is 5. The number of fused-ring (bicyclic) bond motifs is 1. The molecule has 0 unspecified atom stereocenters. The summed E-state index contributed by atoms with van der Waals surface area (Å²) >= 11 is 0. The van der Waals surface area contributed by atoms with E-state index in [4.69, 9.17) is 40.5 Å². The lowest BCUT2D eigenvalue weighted by atomic mass is 10.2. The number of rotatable bonds is 4. The van der Waals surface area contributed by atoms with Gasteiger partial charge in [0.05, 0.1) is 31.0 Å². The number of aryl methyl sites for hydroxylation is 1. The molecule has 0 aliphatic carbocycles. The second-order valence-electron chi connectivity index (χ2n) is 6.86. The molecule has 0 aromatic carbocycles. The highest BCUT2D eigenvalue weighted by molar-refractivity contribution is 7.80. The first kappa shape index (κ1) is 29.1. The molecule has 0 radical (unpaired) electrons. The second kappa shape index (κ2) is 11.3.